The molecule has 8 heteroatoms. The fraction of sp³-hybridized carbons (Fsp3) is 0.333. The second kappa shape index (κ2) is 7.11. The average molecular weight is 395 g/mol. The summed E-state index contributed by atoms with van der Waals surface area (Å²) in [6, 6.07) is 11.2. The number of hydrogen-bond acceptors (Lipinski definition) is 5. The summed E-state index contributed by atoms with van der Waals surface area (Å²) in [7, 11) is -4.26. The Morgan fingerprint density at radius 1 is 0.962 bits per heavy atom. The molecule has 1 heterocycles. The number of sulfonamides is 1. The Morgan fingerprint density at radius 2 is 1.62 bits per heavy atom. The standard InChI is InChI=1S/C18H22N2O4S2/c1-20(2)26(23,24)17-8-6-16(7-9-17)25(21,22)13-15-5-3-4-14-12-19-11-10-18(14)15/h3-9,19H,10-13H2,1-2H3. The normalized spacial score (nSPS) is 15.0. The van der Waals surface area contributed by atoms with Crippen molar-refractivity contribution in [3.05, 3.63) is 59.2 Å². The number of fused-ring (bicyclic) bond motifs is 1. The molecule has 0 bridgehead atoms. The first kappa shape index (κ1) is 19.0. The van der Waals surface area contributed by atoms with Crippen molar-refractivity contribution in [3.8, 4) is 0 Å². The Balaban J connectivity index is 1.90. The fourth-order valence-electron chi connectivity index (χ4n) is 3.06. The molecule has 6 nitrogen and oxygen atoms in total. The molecule has 1 aliphatic rings. The van der Waals surface area contributed by atoms with Crippen LogP contribution in [-0.2, 0) is 38.6 Å². The molecule has 140 valence electrons. The van der Waals surface area contributed by atoms with Gasteiger partial charge in [-0.2, -0.15) is 0 Å². The van der Waals surface area contributed by atoms with Gasteiger partial charge in [-0.05, 0) is 53.9 Å². The summed E-state index contributed by atoms with van der Waals surface area (Å²) in [5.41, 5.74) is 3.05. The number of nitrogens with one attached hydrogen (secondary N) is 1. The van der Waals surface area contributed by atoms with Crippen molar-refractivity contribution < 1.29 is 16.8 Å². The molecule has 0 aliphatic carbocycles. The molecule has 1 N–H and O–H groups in total. The number of sulfone groups is 1. The fourth-order valence-corrected chi connectivity index (χ4v) is 5.36. The third kappa shape index (κ3) is 3.68. The van der Waals surface area contributed by atoms with Gasteiger partial charge in [-0.3, -0.25) is 0 Å². The van der Waals surface area contributed by atoms with E-state index in [9.17, 15) is 16.8 Å². The van der Waals surface area contributed by atoms with E-state index in [0.717, 1.165) is 40.5 Å². The lowest BCUT2D eigenvalue weighted by atomic mass is 9.96. The molecular formula is C18H22N2O4S2. The molecule has 26 heavy (non-hydrogen) atoms. The van der Waals surface area contributed by atoms with Crippen LogP contribution >= 0.6 is 0 Å². The van der Waals surface area contributed by atoms with Crippen LogP contribution in [0.4, 0.5) is 0 Å². The van der Waals surface area contributed by atoms with Crippen molar-refractivity contribution in [2.24, 2.45) is 0 Å². The molecule has 0 fully saturated rings. The minimum absolute atomic E-state index is 0.0737. The van der Waals surface area contributed by atoms with E-state index >= 15 is 0 Å². The highest BCUT2D eigenvalue weighted by atomic mass is 32.2. The Hall–Kier alpha value is -1.74. The maximum absolute atomic E-state index is 12.8. The molecule has 0 atom stereocenters. The first-order valence-electron chi connectivity index (χ1n) is 8.27. The van der Waals surface area contributed by atoms with Crippen molar-refractivity contribution in [2.75, 3.05) is 20.6 Å². The third-order valence-electron chi connectivity index (χ3n) is 4.54. The van der Waals surface area contributed by atoms with Gasteiger partial charge in [0.05, 0.1) is 15.5 Å². The second-order valence-electron chi connectivity index (χ2n) is 6.50. The molecule has 1 aliphatic heterocycles. The predicted octanol–water partition coefficient (Wildman–Crippen LogP) is 1.56. The van der Waals surface area contributed by atoms with Crippen LogP contribution in [0, 0.1) is 0 Å². The molecule has 0 aromatic heterocycles. The lowest BCUT2D eigenvalue weighted by Gasteiger charge is -2.20. The van der Waals surface area contributed by atoms with Gasteiger partial charge in [0, 0.05) is 20.6 Å². The van der Waals surface area contributed by atoms with Crippen LogP contribution in [0.5, 0.6) is 0 Å². The van der Waals surface area contributed by atoms with Crippen LogP contribution < -0.4 is 5.32 Å². The Morgan fingerprint density at radius 3 is 2.27 bits per heavy atom. The molecule has 2 aromatic carbocycles. The summed E-state index contributed by atoms with van der Waals surface area (Å²) >= 11 is 0. The SMILES string of the molecule is CN(C)S(=O)(=O)c1ccc(S(=O)(=O)Cc2cccc3c2CCNC3)cc1. The van der Waals surface area contributed by atoms with Gasteiger partial charge in [0.25, 0.3) is 0 Å². The minimum Gasteiger partial charge on any atom is -0.312 e. The highest BCUT2D eigenvalue weighted by Gasteiger charge is 2.22. The summed E-state index contributed by atoms with van der Waals surface area (Å²) < 4.78 is 50.9. The van der Waals surface area contributed by atoms with Crippen molar-refractivity contribution in [3.63, 3.8) is 0 Å². The van der Waals surface area contributed by atoms with Gasteiger partial charge in [0.2, 0.25) is 10.0 Å². The van der Waals surface area contributed by atoms with Crippen LogP contribution in [0.15, 0.2) is 52.3 Å². The molecule has 3 rings (SSSR count). The summed E-state index contributed by atoms with van der Waals surface area (Å²) in [6.07, 6.45) is 0.807. The van der Waals surface area contributed by atoms with Gasteiger partial charge in [-0.1, -0.05) is 18.2 Å². The van der Waals surface area contributed by atoms with E-state index in [1.165, 1.54) is 38.4 Å². The van der Waals surface area contributed by atoms with Crippen molar-refractivity contribution in [2.45, 2.75) is 28.5 Å². The lowest BCUT2D eigenvalue weighted by molar-refractivity contribution is 0.520. The highest BCUT2D eigenvalue weighted by molar-refractivity contribution is 7.90. The van der Waals surface area contributed by atoms with E-state index in [1.54, 1.807) is 0 Å². The van der Waals surface area contributed by atoms with E-state index < -0.39 is 19.9 Å². The maximum Gasteiger partial charge on any atom is 0.242 e. The van der Waals surface area contributed by atoms with Crippen LogP contribution in [0.1, 0.15) is 16.7 Å². The second-order valence-corrected chi connectivity index (χ2v) is 10.6. The molecule has 0 saturated carbocycles. The number of nitrogens with zero attached hydrogens (tertiary/aromatic N) is 1. The van der Waals surface area contributed by atoms with Gasteiger partial charge >= 0.3 is 0 Å². The summed E-state index contributed by atoms with van der Waals surface area (Å²) in [6.45, 7) is 1.58. The molecule has 0 spiro atoms. The molecule has 0 saturated heterocycles. The minimum atomic E-state index is -3.58. The molecule has 2 aromatic rings. The van der Waals surface area contributed by atoms with Crippen LogP contribution in [-0.4, -0.2) is 41.8 Å². The number of benzene rings is 2. The summed E-state index contributed by atoms with van der Waals surface area (Å²) in [5.74, 6) is -0.0874. The lowest BCUT2D eigenvalue weighted by Crippen LogP contribution is -2.25. The van der Waals surface area contributed by atoms with E-state index in [1.807, 2.05) is 18.2 Å². The van der Waals surface area contributed by atoms with Crippen molar-refractivity contribution in [1.29, 1.82) is 0 Å². The van der Waals surface area contributed by atoms with E-state index in [2.05, 4.69) is 5.32 Å². The first-order valence-corrected chi connectivity index (χ1v) is 11.4. The molecule has 0 radical (unpaired) electrons. The third-order valence-corrected chi connectivity index (χ3v) is 8.05. The van der Waals surface area contributed by atoms with Gasteiger partial charge < -0.3 is 5.32 Å². The van der Waals surface area contributed by atoms with Gasteiger partial charge in [0.1, 0.15) is 0 Å². The number of rotatable bonds is 5. The Kier molecular flexibility index (Phi) is 5.21. The van der Waals surface area contributed by atoms with E-state index in [4.69, 9.17) is 0 Å². The molecule has 0 amide bonds. The maximum atomic E-state index is 12.8. The average Bonchev–Trinajstić information content (AvgIpc) is 2.62. The summed E-state index contributed by atoms with van der Waals surface area (Å²) in [4.78, 5) is 0.200. The summed E-state index contributed by atoms with van der Waals surface area (Å²) in [5, 5.41) is 3.28. The van der Waals surface area contributed by atoms with Crippen molar-refractivity contribution >= 4 is 19.9 Å². The Bertz CT molecular complexity index is 1010. The monoisotopic (exact) mass is 394 g/mol. The van der Waals surface area contributed by atoms with Crippen molar-refractivity contribution in [1.82, 2.24) is 9.62 Å². The zero-order valence-corrected chi connectivity index (χ0v) is 16.4. The van der Waals surface area contributed by atoms with Gasteiger partial charge in [-0.25, -0.2) is 21.1 Å². The van der Waals surface area contributed by atoms with Crippen LogP contribution in [0.3, 0.4) is 0 Å². The molecular weight excluding hydrogens is 372 g/mol. The highest BCUT2D eigenvalue weighted by Crippen LogP contribution is 2.24. The topological polar surface area (TPSA) is 83.6 Å². The van der Waals surface area contributed by atoms with Crippen LogP contribution in [0.25, 0.3) is 0 Å². The Labute approximate surface area is 154 Å². The number of hydrogen-bond donors (Lipinski definition) is 1. The quantitative estimate of drug-likeness (QED) is 0.832. The smallest absolute Gasteiger partial charge is 0.242 e. The van der Waals surface area contributed by atoms with E-state index in [0.29, 0.717) is 0 Å². The predicted molar refractivity (Wildman–Crippen MR) is 100 cm³/mol. The van der Waals surface area contributed by atoms with Crippen LogP contribution in [0.2, 0.25) is 0 Å². The molecule has 0 unspecified atom stereocenters. The first-order chi connectivity index (χ1) is 12.2. The van der Waals surface area contributed by atoms with E-state index in [-0.39, 0.29) is 15.5 Å². The zero-order chi connectivity index (χ0) is 18.9. The van der Waals surface area contributed by atoms with Gasteiger partial charge in [-0.15, -0.1) is 0 Å². The zero-order valence-electron chi connectivity index (χ0n) is 14.8. The largest absolute Gasteiger partial charge is 0.312 e. The van der Waals surface area contributed by atoms with Gasteiger partial charge in [0.15, 0.2) is 9.84 Å².